The molecule has 0 saturated heterocycles. The number of aromatic nitrogens is 5. The third-order valence-electron chi connectivity index (χ3n) is 9.60. The number of hydrogen-bond donors (Lipinski definition) is 1. The van der Waals surface area contributed by atoms with Gasteiger partial charge in [-0.3, -0.25) is 14.2 Å². The van der Waals surface area contributed by atoms with E-state index >= 15 is 8.78 Å². The molecule has 2 aliphatic carbocycles. The number of Topliss-reactive ketones (excluding diaryl/α,β-unsaturated/α-hetero) is 1. The van der Waals surface area contributed by atoms with Crippen LogP contribution in [0.5, 0.6) is 0 Å². The third-order valence-corrected chi connectivity index (χ3v) is 11.0. The third kappa shape index (κ3) is 7.39. The highest BCUT2D eigenvalue weighted by Crippen LogP contribution is 2.68. The first kappa shape index (κ1) is 38.0. The lowest BCUT2D eigenvalue weighted by Gasteiger charge is -2.22. The molecule has 16 heteroatoms. The van der Waals surface area contributed by atoms with Crippen molar-refractivity contribution in [2.24, 2.45) is 13.0 Å². The Hall–Kier alpha value is -4.29. The van der Waals surface area contributed by atoms with Gasteiger partial charge in [-0.15, -0.1) is 0 Å². The van der Waals surface area contributed by atoms with Crippen molar-refractivity contribution in [3.05, 3.63) is 98.2 Å². The van der Waals surface area contributed by atoms with E-state index in [9.17, 15) is 27.1 Å². The van der Waals surface area contributed by atoms with Crippen LogP contribution in [0.4, 0.5) is 17.6 Å². The number of ketones is 1. The molecule has 0 radical (unpaired) electrons. The predicted molar refractivity (Wildman–Crippen MR) is 195 cm³/mol. The number of sulfone groups is 1. The summed E-state index contributed by atoms with van der Waals surface area (Å²) in [6, 6.07) is 9.51. The van der Waals surface area contributed by atoms with Crippen LogP contribution in [0.1, 0.15) is 72.4 Å². The Morgan fingerprint density at radius 2 is 1.78 bits per heavy atom. The molecule has 7 rings (SSSR count). The van der Waals surface area contributed by atoms with Crippen LogP contribution in [-0.4, -0.2) is 55.7 Å². The van der Waals surface area contributed by atoms with Gasteiger partial charge in [0.2, 0.25) is 0 Å². The zero-order valence-corrected chi connectivity index (χ0v) is 31.7. The monoisotopic (exact) mass is 801 g/mol. The van der Waals surface area contributed by atoms with E-state index in [-0.39, 0.29) is 63.3 Å². The molecular formula is C38H33Cl2F4N5O4S. The average molecular weight is 803 g/mol. The summed E-state index contributed by atoms with van der Waals surface area (Å²) in [4.78, 5) is 18.8. The van der Waals surface area contributed by atoms with E-state index in [1.807, 2.05) is 0 Å². The van der Waals surface area contributed by atoms with Gasteiger partial charge in [-0.25, -0.2) is 22.2 Å². The molecule has 0 spiro atoms. The van der Waals surface area contributed by atoms with Crippen LogP contribution in [0.15, 0.2) is 42.5 Å². The number of rotatable bonds is 10. The Morgan fingerprint density at radius 3 is 2.44 bits per heavy atom. The first-order valence-electron chi connectivity index (χ1n) is 16.9. The van der Waals surface area contributed by atoms with Gasteiger partial charge in [0.25, 0.3) is 5.92 Å². The largest absolute Gasteiger partial charge is 0.378 e. The molecule has 9 nitrogen and oxygen atoms in total. The van der Waals surface area contributed by atoms with E-state index < -0.39 is 68.8 Å². The molecule has 1 fully saturated rings. The van der Waals surface area contributed by atoms with Crippen molar-refractivity contribution >= 4 is 49.7 Å². The number of aliphatic hydroxyl groups is 1. The summed E-state index contributed by atoms with van der Waals surface area (Å²) in [7, 11) is -1.91. The zero-order valence-electron chi connectivity index (χ0n) is 29.4. The minimum Gasteiger partial charge on any atom is -0.378 e. The van der Waals surface area contributed by atoms with Crippen molar-refractivity contribution in [3.63, 3.8) is 0 Å². The normalized spacial score (nSPS) is 17.9. The Morgan fingerprint density at radius 1 is 1.09 bits per heavy atom. The zero-order chi connectivity index (χ0) is 39.1. The topological polar surface area (TPSA) is 120 Å². The van der Waals surface area contributed by atoms with E-state index in [2.05, 4.69) is 22.0 Å². The van der Waals surface area contributed by atoms with Crippen LogP contribution in [0.3, 0.4) is 0 Å². The molecule has 3 aromatic heterocycles. The van der Waals surface area contributed by atoms with Gasteiger partial charge in [0.1, 0.15) is 35.2 Å². The summed E-state index contributed by atoms with van der Waals surface area (Å²) < 4.78 is 86.8. The van der Waals surface area contributed by atoms with Gasteiger partial charge >= 0.3 is 0 Å². The van der Waals surface area contributed by atoms with E-state index in [1.165, 1.54) is 18.5 Å². The minimum atomic E-state index is -3.53. The van der Waals surface area contributed by atoms with E-state index in [0.29, 0.717) is 28.1 Å². The molecule has 2 aromatic carbocycles. The number of alkyl halides is 2. The Kier molecular flexibility index (Phi) is 9.48. The van der Waals surface area contributed by atoms with Crippen molar-refractivity contribution in [3.8, 4) is 23.0 Å². The Bertz CT molecular complexity index is 2530. The highest BCUT2D eigenvalue weighted by atomic mass is 35.5. The molecule has 282 valence electrons. The summed E-state index contributed by atoms with van der Waals surface area (Å²) in [5, 5.41) is 19.4. The van der Waals surface area contributed by atoms with Gasteiger partial charge in [-0.1, -0.05) is 35.2 Å². The van der Waals surface area contributed by atoms with Gasteiger partial charge in [-0.2, -0.15) is 19.0 Å². The number of aryl methyl sites for hydroxylation is 1. The quantitative estimate of drug-likeness (QED) is 0.117. The van der Waals surface area contributed by atoms with Crippen LogP contribution in [-0.2, 0) is 46.3 Å². The highest BCUT2D eigenvalue weighted by molar-refractivity contribution is 7.89. The molecule has 2 aliphatic rings. The molecule has 0 aliphatic heterocycles. The first-order chi connectivity index (χ1) is 25.2. The number of pyridine rings is 1. The van der Waals surface area contributed by atoms with Crippen LogP contribution in [0, 0.1) is 29.4 Å². The second-order valence-corrected chi connectivity index (χ2v) is 17.5. The van der Waals surface area contributed by atoms with Gasteiger partial charge in [0.05, 0.1) is 27.7 Å². The molecule has 54 heavy (non-hydrogen) atoms. The molecule has 1 N–H and O–H groups in total. The van der Waals surface area contributed by atoms with Crippen molar-refractivity contribution in [1.29, 1.82) is 0 Å². The maximum Gasteiger partial charge on any atom is 0.293 e. The maximum atomic E-state index is 15.3. The number of nitrogens with zero attached hydrogens (tertiary/aromatic N) is 5. The summed E-state index contributed by atoms with van der Waals surface area (Å²) in [5.74, 6) is -2.52. The summed E-state index contributed by atoms with van der Waals surface area (Å²) in [6.45, 7) is 2.43. The van der Waals surface area contributed by atoms with E-state index in [4.69, 9.17) is 28.2 Å². The first-order valence-corrected chi connectivity index (χ1v) is 19.7. The van der Waals surface area contributed by atoms with Crippen molar-refractivity contribution in [2.45, 2.75) is 68.8 Å². The SMILES string of the molecule is Cn1nc(CS(C)(=O)=O)c2c(Cl)ccc(-c3ccc(C#CC(C)(C)O)nc3[C@@H](CC(=O)Cn3nc(Cl)c4c3C(F)(F)[C@@H]3C[C@H]43)Cc3cc(F)cc(F)c3)c21. The van der Waals surface area contributed by atoms with Gasteiger partial charge in [-0.05, 0) is 74.4 Å². The molecule has 0 bridgehead atoms. The summed E-state index contributed by atoms with van der Waals surface area (Å²) in [6.07, 6.45) is 0.902. The minimum absolute atomic E-state index is 0.0746. The summed E-state index contributed by atoms with van der Waals surface area (Å²) >= 11 is 12.9. The number of hydrogen-bond acceptors (Lipinski definition) is 7. The van der Waals surface area contributed by atoms with Crippen LogP contribution in [0.25, 0.3) is 22.0 Å². The molecule has 3 heterocycles. The average Bonchev–Trinajstić information content (AvgIpc) is 3.62. The standard InChI is InChI=1S/C38H33Cl2F4N5O4S/c1-37(2,51)10-9-23-5-6-25(26-7-8-29(39)32-30(18-54(4,52)53)46-48(3)34(26)32)33(45-23)20(11-19-12-21(41)15-22(42)13-19)14-24(50)17-49-35-31(36(40)47-49)27-16-28(27)38(35,43)44/h5-8,12-13,15,20,27-28,51H,11,14,16-18H2,1-4H3/t20-,27+,28-/m1/s1. The second-order valence-electron chi connectivity index (χ2n) is 14.6. The fourth-order valence-corrected chi connectivity index (χ4v) is 8.72. The number of carbonyl (C=O) groups is 1. The predicted octanol–water partition coefficient (Wildman–Crippen LogP) is 7.28. The molecule has 0 amide bonds. The fourth-order valence-electron chi connectivity index (χ4n) is 7.44. The molecular weight excluding hydrogens is 769 g/mol. The van der Waals surface area contributed by atoms with Crippen molar-refractivity contribution in [1.82, 2.24) is 24.5 Å². The Labute approximate surface area is 318 Å². The molecule has 1 saturated carbocycles. The number of halogens is 6. The van der Waals surface area contributed by atoms with Crippen LogP contribution < -0.4 is 0 Å². The molecule has 0 unspecified atom stereocenters. The van der Waals surface area contributed by atoms with Crippen LogP contribution >= 0.6 is 23.2 Å². The van der Waals surface area contributed by atoms with Crippen molar-refractivity contribution < 1.29 is 35.9 Å². The fraction of sp³-hybridized carbons (Fsp3) is 0.368. The number of fused-ring (bicyclic) bond motifs is 4. The summed E-state index contributed by atoms with van der Waals surface area (Å²) in [5.41, 5.74) is 0.714. The maximum absolute atomic E-state index is 15.3. The lowest BCUT2D eigenvalue weighted by molar-refractivity contribution is -0.120. The van der Waals surface area contributed by atoms with Gasteiger partial charge in [0, 0.05) is 59.7 Å². The van der Waals surface area contributed by atoms with E-state index in [1.54, 1.807) is 31.3 Å². The Balaban J connectivity index is 1.38. The second kappa shape index (κ2) is 13.5. The highest BCUT2D eigenvalue weighted by Gasteiger charge is 2.66. The molecule has 5 aromatic rings. The van der Waals surface area contributed by atoms with E-state index in [0.717, 1.165) is 23.1 Å². The smallest absolute Gasteiger partial charge is 0.293 e. The van der Waals surface area contributed by atoms with Crippen LogP contribution in [0.2, 0.25) is 10.2 Å². The molecule has 3 atom stereocenters. The van der Waals surface area contributed by atoms with Gasteiger partial charge < -0.3 is 5.11 Å². The number of carbonyl (C=O) groups excluding carboxylic acids is 1. The lowest BCUT2D eigenvalue weighted by Crippen LogP contribution is -2.24. The van der Waals surface area contributed by atoms with Crippen molar-refractivity contribution in [2.75, 3.05) is 6.26 Å². The van der Waals surface area contributed by atoms with Gasteiger partial charge in [0.15, 0.2) is 20.8 Å². The lowest BCUT2D eigenvalue weighted by atomic mass is 9.86. The number of benzene rings is 2.